The average molecular weight is 246 g/mol. The Morgan fingerprint density at radius 3 is 2.67 bits per heavy atom. The second-order valence-electron chi connectivity index (χ2n) is 4.49. The highest BCUT2D eigenvalue weighted by Gasteiger charge is 2.11. The fraction of sp³-hybridized carbons (Fsp3) is 0.429. The molecule has 0 unspecified atom stereocenters. The van der Waals surface area contributed by atoms with Crippen LogP contribution >= 0.6 is 0 Å². The van der Waals surface area contributed by atoms with Gasteiger partial charge in [-0.15, -0.1) is 0 Å². The number of benzene rings is 1. The Morgan fingerprint density at radius 2 is 2.06 bits per heavy atom. The lowest BCUT2D eigenvalue weighted by Crippen LogP contribution is -2.01. The Morgan fingerprint density at radius 1 is 1.28 bits per heavy atom. The van der Waals surface area contributed by atoms with Crippen molar-refractivity contribution >= 4 is 16.6 Å². The summed E-state index contributed by atoms with van der Waals surface area (Å²) in [5.41, 5.74) is 2.52. The second-order valence-corrected chi connectivity index (χ2v) is 4.49. The molecule has 0 aliphatic heterocycles. The van der Waals surface area contributed by atoms with Crippen LogP contribution in [0.4, 0.5) is 5.69 Å². The van der Waals surface area contributed by atoms with Crippen LogP contribution in [0.5, 0.6) is 0 Å². The molecule has 0 spiro atoms. The Balaban J connectivity index is 2.51. The SMILES string of the molecule is CCCCn1c(CC)cc2cc([N+](=O)[O-])ccc21. The highest BCUT2D eigenvalue weighted by atomic mass is 16.6. The van der Waals surface area contributed by atoms with Crippen molar-refractivity contribution in [2.45, 2.75) is 39.7 Å². The van der Waals surface area contributed by atoms with E-state index >= 15 is 0 Å². The summed E-state index contributed by atoms with van der Waals surface area (Å²) >= 11 is 0. The molecule has 0 saturated carbocycles. The van der Waals surface area contributed by atoms with E-state index in [4.69, 9.17) is 0 Å². The zero-order valence-corrected chi connectivity index (χ0v) is 10.8. The first-order valence-corrected chi connectivity index (χ1v) is 6.44. The molecule has 0 amide bonds. The van der Waals surface area contributed by atoms with Crippen LogP contribution in [0.25, 0.3) is 10.9 Å². The molecule has 0 saturated heterocycles. The number of rotatable bonds is 5. The molecule has 2 aromatic rings. The molecule has 0 aliphatic rings. The summed E-state index contributed by atoms with van der Waals surface area (Å²) in [7, 11) is 0. The van der Waals surface area contributed by atoms with Crippen LogP contribution in [0.1, 0.15) is 32.4 Å². The number of hydrogen-bond donors (Lipinski definition) is 0. The average Bonchev–Trinajstić information content (AvgIpc) is 2.72. The van der Waals surface area contributed by atoms with Crippen LogP contribution in [0.2, 0.25) is 0 Å². The first-order chi connectivity index (χ1) is 8.67. The third-order valence-corrected chi connectivity index (χ3v) is 3.28. The van der Waals surface area contributed by atoms with E-state index in [-0.39, 0.29) is 10.6 Å². The summed E-state index contributed by atoms with van der Waals surface area (Å²) in [6.45, 7) is 5.27. The molecule has 0 radical (unpaired) electrons. The number of nitro groups is 1. The van der Waals surface area contributed by atoms with Gasteiger partial charge in [0.25, 0.3) is 5.69 Å². The Labute approximate surface area is 106 Å². The van der Waals surface area contributed by atoms with Gasteiger partial charge in [-0.05, 0) is 25.0 Å². The summed E-state index contributed by atoms with van der Waals surface area (Å²) in [6.07, 6.45) is 3.23. The van der Waals surface area contributed by atoms with Gasteiger partial charge in [-0.2, -0.15) is 0 Å². The first kappa shape index (κ1) is 12.6. The fourth-order valence-corrected chi connectivity index (χ4v) is 2.30. The minimum atomic E-state index is -0.339. The van der Waals surface area contributed by atoms with Crippen molar-refractivity contribution in [2.75, 3.05) is 0 Å². The molecule has 18 heavy (non-hydrogen) atoms. The van der Waals surface area contributed by atoms with Gasteiger partial charge >= 0.3 is 0 Å². The van der Waals surface area contributed by atoms with E-state index in [1.165, 1.54) is 5.69 Å². The second kappa shape index (κ2) is 5.21. The van der Waals surface area contributed by atoms with Gasteiger partial charge in [-0.1, -0.05) is 20.3 Å². The summed E-state index contributed by atoms with van der Waals surface area (Å²) in [4.78, 5) is 10.4. The van der Waals surface area contributed by atoms with Crippen LogP contribution in [-0.4, -0.2) is 9.49 Å². The maximum absolute atomic E-state index is 10.8. The third kappa shape index (κ3) is 2.23. The molecule has 0 fully saturated rings. The normalized spacial score (nSPS) is 11.0. The summed E-state index contributed by atoms with van der Waals surface area (Å²) in [5, 5.41) is 11.7. The summed E-state index contributed by atoms with van der Waals surface area (Å²) < 4.78 is 2.28. The molecule has 4 nitrogen and oxygen atoms in total. The van der Waals surface area contributed by atoms with Crippen molar-refractivity contribution in [1.82, 2.24) is 4.57 Å². The van der Waals surface area contributed by atoms with E-state index in [1.807, 2.05) is 6.07 Å². The zero-order valence-electron chi connectivity index (χ0n) is 10.8. The maximum atomic E-state index is 10.8. The van der Waals surface area contributed by atoms with Gasteiger partial charge in [-0.25, -0.2) is 0 Å². The van der Waals surface area contributed by atoms with Crippen molar-refractivity contribution in [3.63, 3.8) is 0 Å². The number of non-ortho nitro benzene ring substituents is 1. The Bertz CT molecular complexity index is 572. The number of hydrogen-bond acceptors (Lipinski definition) is 2. The van der Waals surface area contributed by atoms with E-state index in [1.54, 1.807) is 12.1 Å². The Kier molecular flexibility index (Phi) is 3.65. The molecule has 1 aromatic carbocycles. The third-order valence-electron chi connectivity index (χ3n) is 3.28. The minimum Gasteiger partial charge on any atom is -0.345 e. The molecule has 0 bridgehead atoms. The molecular formula is C14H18N2O2. The lowest BCUT2D eigenvalue weighted by molar-refractivity contribution is -0.384. The van der Waals surface area contributed by atoms with Crippen LogP contribution < -0.4 is 0 Å². The van der Waals surface area contributed by atoms with E-state index in [0.29, 0.717) is 0 Å². The van der Waals surface area contributed by atoms with Crippen molar-refractivity contribution in [3.05, 3.63) is 40.1 Å². The highest BCUT2D eigenvalue weighted by molar-refractivity contribution is 5.83. The predicted molar refractivity (Wildman–Crippen MR) is 72.9 cm³/mol. The largest absolute Gasteiger partial charge is 0.345 e. The molecule has 4 heteroatoms. The van der Waals surface area contributed by atoms with Crippen LogP contribution in [0, 0.1) is 10.1 Å². The van der Waals surface area contributed by atoms with Gasteiger partial charge in [0.1, 0.15) is 0 Å². The monoisotopic (exact) mass is 246 g/mol. The molecule has 0 atom stereocenters. The molecule has 1 aromatic heterocycles. The fourth-order valence-electron chi connectivity index (χ4n) is 2.30. The number of aryl methyl sites for hydroxylation is 2. The van der Waals surface area contributed by atoms with Gasteiger partial charge in [0.05, 0.1) is 4.92 Å². The number of nitro benzene ring substituents is 1. The van der Waals surface area contributed by atoms with Gasteiger partial charge in [0.2, 0.25) is 0 Å². The molecule has 96 valence electrons. The first-order valence-electron chi connectivity index (χ1n) is 6.44. The Hall–Kier alpha value is -1.84. The predicted octanol–water partition coefficient (Wildman–Crippen LogP) is 3.91. The van der Waals surface area contributed by atoms with E-state index in [2.05, 4.69) is 24.5 Å². The quantitative estimate of drug-likeness (QED) is 0.593. The minimum absolute atomic E-state index is 0.165. The lowest BCUT2D eigenvalue weighted by Gasteiger charge is -2.08. The van der Waals surface area contributed by atoms with Crippen LogP contribution in [-0.2, 0) is 13.0 Å². The number of fused-ring (bicyclic) bond motifs is 1. The summed E-state index contributed by atoms with van der Waals surface area (Å²) in [6, 6.07) is 7.18. The van der Waals surface area contributed by atoms with Crippen molar-refractivity contribution in [2.24, 2.45) is 0 Å². The van der Waals surface area contributed by atoms with E-state index < -0.39 is 0 Å². The smallest absolute Gasteiger partial charge is 0.270 e. The number of aromatic nitrogens is 1. The van der Waals surface area contributed by atoms with Gasteiger partial charge in [0.15, 0.2) is 0 Å². The van der Waals surface area contributed by atoms with Gasteiger partial charge in [0, 0.05) is 35.3 Å². The standard InChI is InChI=1S/C14H18N2O2/c1-3-5-8-15-12(4-2)9-11-10-13(16(17)18)6-7-14(11)15/h6-7,9-10H,3-5,8H2,1-2H3. The maximum Gasteiger partial charge on any atom is 0.270 e. The summed E-state index contributed by atoms with van der Waals surface area (Å²) in [5.74, 6) is 0. The van der Waals surface area contributed by atoms with Crippen molar-refractivity contribution in [1.29, 1.82) is 0 Å². The number of unbranched alkanes of at least 4 members (excludes halogenated alkanes) is 1. The zero-order chi connectivity index (χ0) is 13.1. The van der Waals surface area contributed by atoms with Crippen molar-refractivity contribution < 1.29 is 4.92 Å². The lowest BCUT2D eigenvalue weighted by atomic mass is 10.2. The topological polar surface area (TPSA) is 48.1 Å². The molecule has 0 N–H and O–H groups in total. The molecule has 0 aliphatic carbocycles. The molecular weight excluding hydrogens is 228 g/mol. The van der Waals surface area contributed by atoms with Gasteiger partial charge < -0.3 is 4.57 Å². The van der Waals surface area contributed by atoms with E-state index in [0.717, 1.165) is 36.7 Å². The van der Waals surface area contributed by atoms with Gasteiger partial charge in [-0.3, -0.25) is 10.1 Å². The highest BCUT2D eigenvalue weighted by Crippen LogP contribution is 2.25. The molecule has 2 rings (SSSR count). The van der Waals surface area contributed by atoms with Crippen LogP contribution in [0.15, 0.2) is 24.3 Å². The van der Waals surface area contributed by atoms with E-state index in [9.17, 15) is 10.1 Å². The van der Waals surface area contributed by atoms with Crippen molar-refractivity contribution in [3.8, 4) is 0 Å². The van der Waals surface area contributed by atoms with Crippen LogP contribution in [0.3, 0.4) is 0 Å². The molecule has 1 heterocycles. The number of nitrogens with zero attached hydrogens (tertiary/aromatic N) is 2.